The van der Waals surface area contributed by atoms with E-state index in [0.717, 1.165) is 66.3 Å². The fraction of sp³-hybridized carbons (Fsp3) is 0. The average Bonchev–Trinajstić information content (AvgIpc) is 3.71. The molecule has 54 heavy (non-hydrogen) atoms. The number of hydrogen-bond donors (Lipinski definition) is 0. The van der Waals surface area contributed by atoms with Gasteiger partial charge in [-0.3, -0.25) is 9.59 Å². The molecule has 8 nitrogen and oxygen atoms in total. The maximum atomic E-state index is 15.1. The number of carbonyl (C=O) groups excluding carboxylic acids is 2. The van der Waals surface area contributed by atoms with Crippen molar-refractivity contribution >= 4 is 39.3 Å². The Morgan fingerprint density at radius 1 is 0.407 bits per heavy atom. The second kappa shape index (κ2) is 12.6. The van der Waals surface area contributed by atoms with Gasteiger partial charge in [0.25, 0.3) is 11.8 Å². The molecule has 0 radical (unpaired) electrons. The minimum atomic E-state index is -0.378. The maximum Gasteiger partial charge on any atom is 0.268 e. The van der Waals surface area contributed by atoms with Crippen LogP contribution in [-0.4, -0.2) is 36.3 Å². The lowest BCUT2D eigenvalue weighted by Crippen LogP contribution is -2.30. The Morgan fingerprint density at radius 2 is 0.889 bits per heavy atom. The van der Waals surface area contributed by atoms with Gasteiger partial charge in [0, 0.05) is 57.8 Å². The lowest BCUT2D eigenvalue weighted by Gasteiger charge is -2.23. The Kier molecular flexibility index (Phi) is 7.26. The summed E-state index contributed by atoms with van der Waals surface area (Å²) in [5.74, 6) is -0.742. The molecule has 6 aromatic carbocycles. The fourth-order valence-corrected chi connectivity index (χ4v) is 7.68. The standard InChI is InChI=1S/C46H28N6O2/c53-45-37-15-8-16-42(43(37)46(54)52(45)44-35(29-9-3-1-4-10-29)13-7-14-36(44)30-11-5-2-6-12-30)51-40-19-17-31(33-23-47-27-48-24-33)21-38(40)39-22-32(18-20-41(39)51)34-25-49-28-50-26-34/h1-28H. The molecule has 2 amide bonds. The van der Waals surface area contributed by atoms with Gasteiger partial charge in [0.15, 0.2) is 0 Å². The first kappa shape index (κ1) is 31.2. The minimum absolute atomic E-state index is 0.351. The van der Waals surface area contributed by atoms with Crippen LogP contribution in [0.2, 0.25) is 0 Å². The highest BCUT2D eigenvalue weighted by Crippen LogP contribution is 2.45. The Hall–Kier alpha value is -7.58. The summed E-state index contributed by atoms with van der Waals surface area (Å²) in [6.07, 6.45) is 10.2. The Morgan fingerprint density at radius 3 is 1.41 bits per heavy atom. The molecule has 0 aliphatic carbocycles. The van der Waals surface area contributed by atoms with Crippen molar-refractivity contribution in [3.8, 4) is 50.2 Å². The molecule has 0 spiro atoms. The molecule has 10 rings (SSSR count). The molecule has 4 heterocycles. The summed E-state index contributed by atoms with van der Waals surface area (Å²) in [5.41, 5.74) is 10.7. The number of imide groups is 1. The number of aromatic nitrogens is 5. The Labute approximate surface area is 309 Å². The molecular weight excluding hydrogens is 669 g/mol. The molecule has 9 aromatic rings. The number of para-hydroxylation sites is 1. The fourth-order valence-electron chi connectivity index (χ4n) is 7.68. The SMILES string of the molecule is O=C1c2cccc(-n3c4ccc(-c5cncnc5)cc4c4cc(-c5cncnc5)ccc43)c2C(=O)N1c1c(-c2ccccc2)cccc1-c1ccccc1. The van der Waals surface area contributed by atoms with Crippen LogP contribution >= 0.6 is 0 Å². The highest BCUT2D eigenvalue weighted by atomic mass is 16.2. The summed E-state index contributed by atoms with van der Waals surface area (Å²) in [4.78, 5) is 48.1. The zero-order valence-corrected chi connectivity index (χ0v) is 28.7. The molecule has 3 aromatic heterocycles. The van der Waals surface area contributed by atoms with E-state index >= 15 is 4.79 Å². The smallest absolute Gasteiger partial charge is 0.268 e. The number of anilines is 1. The molecule has 0 bridgehead atoms. The maximum absolute atomic E-state index is 15.1. The van der Waals surface area contributed by atoms with Gasteiger partial charge in [-0.25, -0.2) is 24.8 Å². The average molecular weight is 697 g/mol. The third-order valence-electron chi connectivity index (χ3n) is 10.1. The van der Waals surface area contributed by atoms with Crippen molar-refractivity contribution in [2.75, 3.05) is 4.90 Å². The van der Waals surface area contributed by atoms with Crippen LogP contribution in [0.1, 0.15) is 20.7 Å². The van der Waals surface area contributed by atoms with Gasteiger partial charge < -0.3 is 4.57 Å². The van der Waals surface area contributed by atoms with Crippen molar-refractivity contribution in [1.82, 2.24) is 24.5 Å². The first-order valence-electron chi connectivity index (χ1n) is 17.5. The third-order valence-corrected chi connectivity index (χ3v) is 10.1. The van der Waals surface area contributed by atoms with Gasteiger partial charge >= 0.3 is 0 Å². The normalized spacial score (nSPS) is 12.5. The largest absolute Gasteiger partial charge is 0.308 e. The van der Waals surface area contributed by atoms with Gasteiger partial charge in [0.05, 0.1) is 33.5 Å². The van der Waals surface area contributed by atoms with Crippen LogP contribution in [0.3, 0.4) is 0 Å². The van der Waals surface area contributed by atoms with E-state index in [1.54, 1.807) is 30.9 Å². The van der Waals surface area contributed by atoms with Gasteiger partial charge in [0.1, 0.15) is 12.7 Å². The summed E-state index contributed by atoms with van der Waals surface area (Å²) in [5, 5.41) is 1.94. The van der Waals surface area contributed by atoms with Gasteiger partial charge in [-0.1, -0.05) is 97.1 Å². The number of hydrogen-bond acceptors (Lipinski definition) is 6. The molecular formula is C46H28N6O2. The van der Waals surface area contributed by atoms with Crippen molar-refractivity contribution in [3.63, 3.8) is 0 Å². The molecule has 254 valence electrons. The van der Waals surface area contributed by atoms with Crippen LogP contribution < -0.4 is 4.90 Å². The second-order valence-corrected chi connectivity index (χ2v) is 13.1. The van der Waals surface area contributed by atoms with E-state index in [0.29, 0.717) is 22.5 Å². The molecule has 1 aliphatic heterocycles. The van der Waals surface area contributed by atoms with Crippen LogP contribution in [-0.2, 0) is 0 Å². The highest BCUT2D eigenvalue weighted by molar-refractivity contribution is 6.37. The van der Waals surface area contributed by atoms with Crippen molar-refractivity contribution in [2.24, 2.45) is 0 Å². The van der Waals surface area contributed by atoms with Crippen LogP contribution in [0.15, 0.2) is 171 Å². The van der Waals surface area contributed by atoms with Crippen LogP contribution in [0.4, 0.5) is 5.69 Å². The number of rotatable bonds is 6. The van der Waals surface area contributed by atoms with Crippen LogP contribution in [0.25, 0.3) is 72.0 Å². The minimum Gasteiger partial charge on any atom is -0.308 e. The first-order chi connectivity index (χ1) is 26.7. The predicted octanol–water partition coefficient (Wildman–Crippen LogP) is 9.83. The molecule has 0 saturated heterocycles. The number of amides is 2. The van der Waals surface area contributed by atoms with E-state index in [2.05, 4.69) is 48.8 Å². The number of nitrogens with zero attached hydrogens (tertiary/aromatic N) is 6. The molecule has 8 heteroatoms. The Bertz CT molecular complexity index is 2760. The first-order valence-corrected chi connectivity index (χ1v) is 17.5. The summed E-state index contributed by atoms with van der Waals surface area (Å²) in [6.45, 7) is 0. The zero-order chi connectivity index (χ0) is 36.2. The second-order valence-electron chi connectivity index (χ2n) is 13.1. The van der Waals surface area contributed by atoms with Gasteiger partial charge in [-0.2, -0.15) is 0 Å². The third kappa shape index (κ3) is 4.92. The van der Waals surface area contributed by atoms with E-state index in [1.807, 2.05) is 103 Å². The monoisotopic (exact) mass is 696 g/mol. The molecule has 0 atom stereocenters. The van der Waals surface area contributed by atoms with Crippen LogP contribution in [0.5, 0.6) is 0 Å². The van der Waals surface area contributed by atoms with Gasteiger partial charge in [-0.15, -0.1) is 0 Å². The van der Waals surface area contributed by atoms with E-state index < -0.39 is 0 Å². The Balaban J connectivity index is 1.20. The number of carbonyl (C=O) groups is 2. The van der Waals surface area contributed by atoms with Gasteiger partial charge in [0.2, 0.25) is 0 Å². The quantitative estimate of drug-likeness (QED) is 0.161. The molecule has 0 N–H and O–H groups in total. The number of benzene rings is 6. The van der Waals surface area contributed by atoms with Crippen molar-refractivity contribution in [2.45, 2.75) is 0 Å². The zero-order valence-electron chi connectivity index (χ0n) is 28.7. The van der Waals surface area contributed by atoms with Crippen molar-refractivity contribution in [1.29, 1.82) is 0 Å². The predicted molar refractivity (Wildman–Crippen MR) is 211 cm³/mol. The van der Waals surface area contributed by atoms with E-state index in [-0.39, 0.29) is 11.8 Å². The van der Waals surface area contributed by atoms with Crippen molar-refractivity contribution < 1.29 is 9.59 Å². The van der Waals surface area contributed by atoms with E-state index in [1.165, 1.54) is 17.6 Å². The topological polar surface area (TPSA) is 93.9 Å². The lowest BCUT2D eigenvalue weighted by atomic mass is 9.95. The van der Waals surface area contributed by atoms with Crippen molar-refractivity contribution in [3.05, 3.63) is 182 Å². The molecule has 1 aliphatic rings. The summed E-state index contributed by atoms with van der Waals surface area (Å²) >= 11 is 0. The van der Waals surface area contributed by atoms with Crippen LogP contribution in [0, 0.1) is 0 Å². The summed E-state index contributed by atoms with van der Waals surface area (Å²) in [7, 11) is 0. The molecule has 0 unspecified atom stereocenters. The highest BCUT2D eigenvalue weighted by Gasteiger charge is 2.41. The summed E-state index contributed by atoms with van der Waals surface area (Å²) in [6, 6.07) is 43.6. The molecule has 0 saturated carbocycles. The van der Waals surface area contributed by atoms with E-state index in [9.17, 15) is 4.79 Å². The van der Waals surface area contributed by atoms with Gasteiger partial charge in [-0.05, 0) is 58.7 Å². The van der Waals surface area contributed by atoms with E-state index in [4.69, 9.17) is 0 Å². The molecule has 0 fully saturated rings. The summed E-state index contributed by atoms with van der Waals surface area (Å²) < 4.78 is 2.09. The lowest BCUT2D eigenvalue weighted by molar-refractivity contribution is 0.0926. The number of fused-ring (bicyclic) bond motifs is 4.